The topological polar surface area (TPSA) is 89.3 Å². The van der Waals surface area contributed by atoms with E-state index in [4.69, 9.17) is 5.73 Å². The number of benzene rings is 1. The fourth-order valence-electron chi connectivity index (χ4n) is 1.25. The third-order valence-corrected chi connectivity index (χ3v) is 5.52. The predicted molar refractivity (Wildman–Crippen MR) is 77.3 cm³/mol. The van der Waals surface area contributed by atoms with E-state index in [9.17, 15) is 12.6 Å². The van der Waals surface area contributed by atoms with Crippen LogP contribution in [0.25, 0.3) is 0 Å². The van der Waals surface area contributed by atoms with Crippen molar-refractivity contribution in [2.45, 2.75) is 11.8 Å². The molecule has 1 aromatic rings. The first kappa shape index (κ1) is 15.6. The molecular weight excluding hydrogens is 340 g/mol. The Labute approximate surface area is 118 Å². The summed E-state index contributed by atoms with van der Waals surface area (Å²) in [6.45, 7) is 1.92. The summed E-state index contributed by atoms with van der Waals surface area (Å²) in [6.07, 6.45) is 0. The number of hydrogen-bond acceptors (Lipinski definition) is 4. The van der Waals surface area contributed by atoms with Gasteiger partial charge in [0.1, 0.15) is 4.90 Å². The van der Waals surface area contributed by atoms with E-state index in [1.165, 1.54) is 12.1 Å². The van der Waals surface area contributed by atoms with E-state index in [1.807, 2.05) is 0 Å². The van der Waals surface area contributed by atoms with Gasteiger partial charge in [-0.1, -0.05) is 22.9 Å². The van der Waals surface area contributed by atoms with Crippen LogP contribution in [0.4, 0.5) is 5.69 Å². The summed E-state index contributed by atoms with van der Waals surface area (Å²) in [6, 6.07) is 4.62. The second kappa shape index (κ2) is 6.65. The first-order valence-corrected chi connectivity index (χ1v) is 9.03. The van der Waals surface area contributed by atoms with Gasteiger partial charge < -0.3 is 5.73 Å². The van der Waals surface area contributed by atoms with Crippen LogP contribution >= 0.6 is 15.9 Å². The molecule has 3 N–H and O–H groups in total. The maximum atomic E-state index is 12.0. The lowest BCUT2D eigenvalue weighted by atomic mass is 10.3. The van der Waals surface area contributed by atoms with Crippen LogP contribution < -0.4 is 10.5 Å². The monoisotopic (exact) mass is 354 g/mol. The average molecular weight is 355 g/mol. The van der Waals surface area contributed by atoms with Gasteiger partial charge in [-0.05, 0) is 18.2 Å². The van der Waals surface area contributed by atoms with Crippen molar-refractivity contribution in [3.63, 3.8) is 0 Å². The molecular formula is C10H15BrN2O3S2. The third-order valence-electron chi connectivity index (χ3n) is 2.21. The summed E-state index contributed by atoms with van der Waals surface area (Å²) in [4.78, 5) is 0.0270. The van der Waals surface area contributed by atoms with Gasteiger partial charge in [0.25, 0.3) is 0 Å². The van der Waals surface area contributed by atoms with Crippen LogP contribution in [0.15, 0.2) is 27.6 Å². The number of nitrogens with two attached hydrogens (primary N) is 1. The van der Waals surface area contributed by atoms with Gasteiger partial charge in [0, 0.05) is 33.3 Å². The normalized spacial score (nSPS) is 13.4. The largest absolute Gasteiger partial charge is 0.398 e. The quantitative estimate of drug-likeness (QED) is 0.748. The highest BCUT2D eigenvalue weighted by Gasteiger charge is 2.17. The van der Waals surface area contributed by atoms with Crippen molar-refractivity contribution < 1.29 is 12.6 Å². The SMILES string of the molecule is CCS(=O)CCNS(=O)(=O)c1cc(Br)ccc1N. The number of hydrogen-bond donors (Lipinski definition) is 2. The van der Waals surface area contributed by atoms with E-state index in [0.717, 1.165) is 0 Å². The molecule has 0 heterocycles. The Morgan fingerprint density at radius 2 is 2.11 bits per heavy atom. The van der Waals surface area contributed by atoms with Crippen molar-refractivity contribution >= 4 is 42.4 Å². The molecule has 1 rings (SSSR count). The van der Waals surface area contributed by atoms with Crippen molar-refractivity contribution in [1.82, 2.24) is 4.72 Å². The zero-order valence-corrected chi connectivity index (χ0v) is 13.1. The van der Waals surface area contributed by atoms with Crippen molar-refractivity contribution in [2.24, 2.45) is 0 Å². The first-order chi connectivity index (χ1) is 8.36. The van der Waals surface area contributed by atoms with Gasteiger partial charge in [0.15, 0.2) is 0 Å². The number of nitrogens with one attached hydrogen (secondary N) is 1. The lowest BCUT2D eigenvalue weighted by molar-refractivity contribution is 0.584. The van der Waals surface area contributed by atoms with Crippen LogP contribution in [-0.4, -0.2) is 30.7 Å². The molecule has 8 heteroatoms. The molecule has 0 amide bonds. The van der Waals surface area contributed by atoms with E-state index < -0.39 is 20.8 Å². The predicted octanol–water partition coefficient (Wildman–Crippen LogP) is 1.08. The summed E-state index contributed by atoms with van der Waals surface area (Å²) in [5, 5.41) is 0. The van der Waals surface area contributed by atoms with Crippen molar-refractivity contribution in [3.05, 3.63) is 22.7 Å². The molecule has 0 bridgehead atoms. The highest BCUT2D eigenvalue weighted by molar-refractivity contribution is 9.10. The van der Waals surface area contributed by atoms with E-state index in [2.05, 4.69) is 20.7 Å². The number of halogens is 1. The molecule has 1 aromatic carbocycles. The van der Waals surface area contributed by atoms with E-state index in [1.54, 1.807) is 13.0 Å². The minimum absolute atomic E-state index is 0.0270. The average Bonchev–Trinajstić information content (AvgIpc) is 2.31. The number of nitrogen functional groups attached to an aromatic ring is 1. The molecule has 0 aliphatic carbocycles. The van der Waals surface area contributed by atoms with E-state index in [0.29, 0.717) is 16.0 Å². The van der Waals surface area contributed by atoms with Gasteiger partial charge in [-0.15, -0.1) is 0 Å². The summed E-state index contributed by atoms with van der Waals surface area (Å²) in [5.41, 5.74) is 5.82. The van der Waals surface area contributed by atoms with E-state index >= 15 is 0 Å². The fraction of sp³-hybridized carbons (Fsp3) is 0.400. The van der Waals surface area contributed by atoms with Gasteiger partial charge in [-0.3, -0.25) is 4.21 Å². The summed E-state index contributed by atoms with van der Waals surface area (Å²) in [5.74, 6) is 0.810. The molecule has 0 saturated heterocycles. The van der Waals surface area contributed by atoms with Crippen LogP contribution in [0.1, 0.15) is 6.92 Å². The van der Waals surface area contributed by atoms with Gasteiger partial charge >= 0.3 is 0 Å². The molecule has 1 unspecified atom stereocenters. The molecule has 0 fully saturated rings. The molecule has 0 aromatic heterocycles. The Balaban J connectivity index is 2.80. The Morgan fingerprint density at radius 1 is 1.44 bits per heavy atom. The highest BCUT2D eigenvalue weighted by Crippen LogP contribution is 2.22. The molecule has 0 aliphatic rings. The lowest BCUT2D eigenvalue weighted by Crippen LogP contribution is -2.28. The van der Waals surface area contributed by atoms with E-state index in [-0.39, 0.29) is 17.1 Å². The van der Waals surface area contributed by atoms with Crippen LogP contribution in [0.2, 0.25) is 0 Å². The smallest absolute Gasteiger partial charge is 0.242 e. The second-order valence-corrected chi connectivity index (χ2v) is 8.03. The number of sulfonamides is 1. The van der Waals surface area contributed by atoms with Gasteiger partial charge in [0.05, 0.1) is 5.69 Å². The van der Waals surface area contributed by atoms with Crippen molar-refractivity contribution in [1.29, 1.82) is 0 Å². The standard InChI is InChI=1S/C10H15BrN2O3S2/c1-2-17(14)6-5-13-18(15,16)10-7-8(11)3-4-9(10)12/h3-4,7,13H,2,5-6,12H2,1H3. The lowest BCUT2D eigenvalue weighted by Gasteiger charge is -2.09. The van der Waals surface area contributed by atoms with Gasteiger partial charge in [-0.25, -0.2) is 13.1 Å². The molecule has 0 radical (unpaired) electrons. The zero-order valence-electron chi connectivity index (χ0n) is 9.85. The highest BCUT2D eigenvalue weighted by atomic mass is 79.9. The molecule has 18 heavy (non-hydrogen) atoms. The third kappa shape index (κ3) is 4.34. The maximum absolute atomic E-state index is 12.0. The molecule has 0 aliphatic heterocycles. The van der Waals surface area contributed by atoms with Crippen LogP contribution in [0.5, 0.6) is 0 Å². The summed E-state index contributed by atoms with van der Waals surface area (Å²) >= 11 is 3.19. The second-order valence-electron chi connectivity index (χ2n) is 3.51. The Bertz CT molecular complexity index is 546. The fourth-order valence-corrected chi connectivity index (χ4v) is 3.70. The minimum atomic E-state index is -3.66. The Kier molecular flexibility index (Phi) is 5.77. The molecule has 102 valence electrons. The molecule has 0 saturated carbocycles. The summed E-state index contributed by atoms with van der Waals surface area (Å²) in [7, 11) is -4.65. The first-order valence-electron chi connectivity index (χ1n) is 5.26. The maximum Gasteiger partial charge on any atom is 0.242 e. The molecule has 0 spiro atoms. The zero-order chi connectivity index (χ0) is 13.8. The summed E-state index contributed by atoms with van der Waals surface area (Å²) < 4.78 is 38.1. The van der Waals surface area contributed by atoms with Crippen molar-refractivity contribution in [2.75, 3.05) is 23.8 Å². The minimum Gasteiger partial charge on any atom is -0.398 e. The van der Waals surface area contributed by atoms with Crippen molar-refractivity contribution in [3.8, 4) is 0 Å². The van der Waals surface area contributed by atoms with Crippen LogP contribution in [0.3, 0.4) is 0 Å². The van der Waals surface area contributed by atoms with Gasteiger partial charge in [0.2, 0.25) is 10.0 Å². The molecule has 5 nitrogen and oxygen atoms in total. The number of anilines is 1. The Hall–Kier alpha value is -0.440. The van der Waals surface area contributed by atoms with Gasteiger partial charge in [-0.2, -0.15) is 0 Å². The number of rotatable bonds is 6. The van der Waals surface area contributed by atoms with Crippen LogP contribution in [-0.2, 0) is 20.8 Å². The van der Waals surface area contributed by atoms with Crippen LogP contribution in [0, 0.1) is 0 Å². The molecule has 1 atom stereocenters. The Morgan fingerprint density at radius 3 is 2.72 bits per heavy atom.